The smallest absolute Gasteiger partial charge is 0.308 e. The van der Waals surface area contributed by atoms with Crippen LogP contribution in [0.5, 0.6) is 0 Å². The number of carbonyl (C=O) groups excluding carboxylic acids is 1. The van der Waals surface area contributed by atoms with Crippen LogP contribution in [0, 0.1) is 5.92 Å². The number of rotatable bonds is 3. The summed E-state index contributed by atoms with van der Waals surface area (Å²) in [6.07, 6.45) is 5.04. The van der Waals surface area contributed by atoms with Gasteiger partial charge in [-0.15, -0.1) is 0 Å². The lowest BCUT2D eigenvalue weighted by Crippen LogP contribution is -2.36. The number of aliphatic carboxylic acids is 1. The molecule has 5 nitrogen and oxygen atoms in total. The van der Waals surface area contributed by atoms with E-state index in [9.17, 15) is 9.59 Å². The van der Waals surface area contributed by atoms with Crippen molar-refractivity contribution in [2.24, 2.45) is 5.92 Å². The Hall–Kier alpha value is -2.04. The average molecular weight is 249 g/mol. The van der Waals surface area contributed by atoms with Crippen molar-refractivity contribution in [3.05, 3.63) is 30.2 Å². The summed E-state index contributed by atoms with van der Waals surface area (Å²) in [7, 11) is 0. The van der Waals surface area contributed by atoms with Gasteiger partial charge in [0.2, 0.25) is 5.91 Å². The Bertz CT molecular complexity index is 463. The maximum absolute atomic E-state index is 11.9. The van der Waals surface area contributed by atoms with Crippen molar-refractivity contribution < 1.29 is 19.1 Å². The summed E-state index contributed by atoms with van der Waals surface area (Å²) in [5.74, 6) is -0.883. The van der Waals surface area contributed by atoms with Gasteiger partial charge in [0.25, 0.3) is 0 Å². The number of hydrogen-bond acceptors (Lipinski definition) is 3. The first-order valence-electron chi connectivity index (χ1n) is 5.84. The SMILES string of the molecule is CC1C(C(=O)O)CCN1C(=O)C=Cc1ccco1. The van der Waals surface area contributed by atoms with Crippen LogP contribution in [0.15, 0.2) is 28.9 Å². The fourth-order valence-electron chi connectivity index (χ4n) is 2.22. The van der Waals surface area contributed by atoms with E-state index in [1.807, 2.05) is 0 Å². The fourth-order valence-corrected chi connectivity index (χ4v) is 2.22. The first-order chi connectivity index (χ1) is 8.59. The molecule has 1 fully saturated rings. The normalized spacial score (nSPS) is 23.7. The highest BCUT2D eigenvalue weighted by Crippen LogP contribution is 2.24. The lowest BCUT2D eigenvalue weighted by molar-refractivity contribution is -0.142. The van der Waals surface area contributed by atoms with E-state index in [0.29, 0.717) is 18.7 Å². The molecule has 1 aliphatic heterocycles. The van der Waals surface area contributed by atoms with Gasteiger partial charge in [0.1, 0.15) is 5.76 Å². The van der Waals surface area contributed by atoms with Crippen molar-refractivity contribution >= 4 is 18.0 Å². The molecule has 1 aromatic rings. The highest BCUT2D eigenvalue weighted by molar-refractivity contribution is 5.92. The fraction of sp³-hybridized carbons (Fsp3) is 0.385. The number of hydrogen-bond donors (Lipinski definition) is 1. The summed E-state index contributed by atoms with van der Waals surface area (Å²) in [5, 5.41) is 8.99. The summed E-state index contributed by atoms with van der Waals surface area (Å²) in [5.41, 5.74) is 0. The van der Waals surface area contributed by atoms with E-state index in [4.69, 9.17) is 9.52 Å². The zero-order valence-corrected chi connectivity index (χ0v) is 10.1. The van der Waals surface area contributed by atoms with Crippen molar-refractivity contribution in [3.8, 4) is 0 Å². The van der Waals surface area contributed by atoms with E-state index < -0.39 is 11.9 Å². The van der Waals surface area contributed by atoms with Crippen LogP contribution < -0.4 is 0 Å². The van der Waals surface area contributed by atoms with Gasteiger partial charge < -0.3 is 14.4 Å². The molecule has 0 spiro atoms. The van der Waals surface area contributed by atoms with E-state index in [1.54, 1.807) is 30.0 Å². The predicted octanol–water partition coefficient (Wildman–Crippen LogP) is 1.61. The Morgan fingerprint density at radius 2 is 2.33 bits per heavy atom. The van der Waals surface area contributed by atoms with Crippen molar-refractivity contribution in [2.75, 3.05) is 6.54 Å². The second-order valence-electron chi connectivity index (χ2n) is 4.35. The van der Waals surface area contributed by atoms with E-state index in [0.717, 1.165) is 0 Å². The molecule has 1 N–H and O–H groups in total. The zero-order valence-electron chi connectivity index (χ0n) is 10.1. The second-order valence-corrected chi connectivity index (χ2v) is 4.35. The molecule has 0 aromatic carbocycles. The third-order valence-corrected chi connectivity index (χ3v) is 3.29. The van der Waals surface area contributed by atoms with E-state index in [1.165, 1.54) is 12.3 Å². The Morgan fingerprint density at radius 3 is 2.89 bits per heavy atom. The third-order valence-electron chi connectivity index (χ3n) is 3.29. The number of furan rings is 1. The predicted molar refractivity (Wildman–Crippen MR) is 64.7 cm³/mol. The Balaban J connectivity index is 2.00. The van der Waals surface area contributed by atoms with Gasteiger partial charge in [0, 0.05) is 18.7 Å². The molecular weight excluding hydrogens is 234 g/mol. The second kappa shape index (κ2) is 5.08. The summed E-state index contributed by atoms with van der Waals surface area (Å²) in [6.45, 7) is 2.25. The highest BCUT2D eigenvalue weighted by atomic mass is 16.4. The molecule has 5 heteroatoms. The number of amides is 1. The van der Waals surface area contributed by atoms with E-state index in [2.05, 4.69) is 0 Å². The topological polar surface area (TPSA) is 70.8 Å². The van der Waals surface area contributed by atoms with Crippen LogP contribution in [-0.4, -0.2) is 34.5 Å². The van der Waals surface area contributed by atoms with Crippen LogP contribution in [0.3, 0.4) is 0 Å². The van der Waals surface area contributed by atoms with Gasteiger partial charge in [-0.1, -0.05) is 0 Å². The highest BCUT2D eigenvalue weighted by Gasteiger charge is 2.37. The van der Waals surface area contributed by atoms with E-state index >= 15 is 0 Å². The molecule has 2 heterocycles. The van der Waals surface area contributed by atoms with Gasteiger partial charge in [-0.2, -0.15) is 0 Å². The maximum Gasteiger partial charge on any atom is 0.308 e. The van der Waals surface area contributed by atoms with Crippen LogP contribution in [0.1, 0.15) is 19.1 Å². The molecule has 2 unspecified atom stereocenters. The molecule has 1 aromatic heterocycles. The summed E-state index contributed by atoms with van der Waals surface area (Å²) in [4.78, 5) is 24.5. The lowest BCUT2D eigenvalue weighted by atomic mass is 10.0. The molecule has 1 saturated heterocycles. The summed E-state index contributed by atoms with van der Waals surface area (Å²) < 4.78 is 5.08. The number of carboxylic acids is 1. The van der Waals surface area contributed by atoms with Crippen LogP contribution >= 0.6 is 0 Å². The first-order valence-corrected chi connectivity index (χ1v) is 5.84. The number of nitrogens with zero attached hydrogens (tertiary/aromatic N) is 1. The van der Waals surface area contributed by atoms with Crippen LogP contribution in [0.4, 0.5) is 0 Å². The lowest BCUT2D eigenvalue weighted by Gasteiger charge is -2.21. The molecule has 0 radical (unpaired) electrons. The minimum atomic E-state index is -0.840. The summed E-state index contributed by atoms with van der Waals surface area (Å²) >= 11 is 0. The van der Waals surface area contributed by atoms with Crippen LogP contribution in [0.25, 0.3) is 6.08 Å². The number of likely N-dealkylation sites (tertiary alicyclic amines) is 1. The standard InChI is InChI=1S/C13H15NO4/c1-9-11(13(16)17)6-7-14(9)12(15)5-4-10-3-2-8-18-10/h2-5,8-9,11H,6-7H2,1H3,(H,16,17). The van der Waals surface area contributed by atoms with Gasteiger partial charge >= 0.3 is 5.97 Å². The van der Waals surface area contributed by atoms with Crippen molar-refractivity contribution in [2.45, 2.75) is 19.4 Å². The Kier molecular flexibility index (Phi) is 3.50. The van der Waals surface area contributed by atoms with Crippen LogP contribution in [0.2, 0.25) is 0 Å². The third kappa shape index (κ3) is 2.45. The Morgan fingerprint density at radius 1 is 1.56 bits per heavy atom. The first kappa shape index (κ1) is 12.4. The van der Waals surface area contributed by atoms with Gasteiger partial charge in [-0.25, -0.2) is 0 Å². The molecule has 1 amide bonds. The molecule has 96 valence electrons. The molecular formula is C13H15NO4. The van der Waals surface area contributed by atoms with Crippen LogP contribution in [-0.2, 0) is 9.59 Å². The van der Waals surface area contributed by atoms with Crippen molar-refractivity contribution in [1.82, 2.24) is 4.90 Å². The quantitative estimate of drug-likeness (QED) is 0.826. The maximum atomic E-state index is 11.9. The van der Waals surface area contributed by atoms with Gasteiger partial charge in [0.05, 0.1) is 12.2 Å². The minimum absolute atomic E-state index is 0.178. The average Bonchev–Trinajstić information content (AvgIpc) is 2.94. The van der Waals surface area contributed by atoms with E-state index in [-0.39, 0.29) is 11.9 Å². The molecule has 0 saturated carbocycles. The van der Waals surface area contributed by atoms with Gasteiger partial charge in [-0.05, 0) is 31.6 Å². The van der Waals surface area contributed by atoms with Gasteiger partial charge in [-0.3, -0.25) is 9.59 Å². The molecule has 2 atom stereocenters. The number of carbonyl (C=O) groups is 2. The molecule has 0 aliphatic carbocycles. The Labute approximate surface area is 105 Å². The zero-order chi connectivity index (χ0) is 13.1. The molecule has 2 rings (SSSR count). The minimum Gasteiger partial charge on any atom is -0.481 e. The summed E-state index contributed by atoms with van der Waals surface area (Å²) in [6, 6.07) is 3.22. The van der Waals surface area contributed by atoms with Gasteiger partial charge in [0.15, 0.2) is 0 Å². The molecule has 18 heavy (non-hydrogen) atoms. The molecule has 1 aliphatic rings. The van der Waals surface area contributed by atoms with Crippen molar-refractivity contribution in [1.29, 1.82) is 0 Å². The monoisotopic (exact) mass is 249 g/mol. The van der Waals surface area contributed by atoms with Crippen molar-refractivity contribution in [3.63, 3.8) is 0 Å². The number of carboxylic acid groups (broad SMARTS) is 1. The molecule has 0 bridgehead atoms. The largest absolute Gasteiger partial charge is 0.481 e.